The standard InChI is InChI=1S/C23H27NO6S2/c1-2-3-14-20(17-31-32-23(27)29-16-19-12-8-5-9-13-19)30-22(26)24-21(25)28-15-18-10-6-4-7-11-18/h4-13,20H,2-3,14-17H2,1H3,(H,24,25,26)/t20-/m1/s1. The van der Waals surface area contributed by atoms with E-state index >= 15 is 0 Å². The van der Waals surface area contributed by atoms with Gasteiger partial charge in [-0.1, -0.05) is 91.2 Å². The van der Waals surface area contributed by atoms with Crippen molar-refractivity contribution in [2.75, 3.05) is 5.75 Å². The molecule has 0 aliphatic heterocycles. The number of unbranched alkanes of at least 4 members (excludes halogenated alkanes) is 1. The lowest BCUT2D eigenvalue weighted by atomic mass is 10.2. The number of hydrogen-bond donors (Lipinski definition) is 1. The van der Waals surface area contributed by atoms with Gasteiger partial charge in [-0.25, -0.2) is 19.7 Å². The van der Waals surface area contributed by atoms with E-state index < -0.39 is 23.6 Å². The van der Waals surface area contributed by atoms with E-state index in [2.05, 4.69) is 5.32 Å². The molecule has 2 aromatic carbocycles. The summed E-state index contributed by atoms with van der Waals surface area (Å²) >= 11 is 0. The predicted molar refractivity (Wildman–Crippen MR) is 126 cm³/mol. The number of imide groups is 1. The van der Waals surface area contributed by atoms with Crippen LogP contribution < -0.4 is 5.32 Å². The van der Waals surface area contributed by atoms with Crippen LogP contribution in [-0.2, 0) is 27.4 Å². The Morgan fingerprint density at radius 3 is 2.06 bits per heavy atom. The molecule has 0 fully saturated rings. The quantitative estimate of drug-likeness (QED) is 0.228. The fraction of sp³-hybridized carbons (Fsp3) is 0.348. The summed E-state index contributed by atoms with van der Waals surface area (Å²) in [4.78, 5) is 35.8. The molecule has 0 spiro atoms. The monoisotopic (exact) mass is 477 g/mol. The molecule has 0 saturated carbocycles. The lowest BCUT2D eigenvalue weighted by Crippen LogP contribution is -2.35. The summed E-state index contributed by atoms with van der Waals surface area (Å²) < 4.78 is 15.6. The highest BCUT2D eigenvalue weighted by atomic mass is 33.1. The Morgan fingerprint density at radius 1 is 0.875 bits per heavy atom. The smallest absolute Gasteiger partial charge is 0.416 e. The van der Waals surface area contributed by atoms with E-state index in [1.54, 1.807) is 0 Å². The third-order valence-corrected chi connectivity index (χ3v) is 6.20. The highest BCUT2D eigenvalue weighted by Crippen LogP contribution is 2.27. The molecule has 7 nitrogen and oxygen atoms in total. The van der Waals surface area contributed by atoms with Crippen LogP contribution in [0.3, 0.4) is 0 Å². The summed E-state index contributed by atoms with van der Waals surface area (Å²) in [6, 6.07) is 18.5. The van der Waals surface area contributed by atoms with Crippen LogP contribution in [0.1, 0.15) is 37.3 Å². The third-order valence-electron chi connectivity index (χ3n) is 4.15. The van der Waals surface area contributed by atoms with Gasteiger partial charge in [-0.3, -0.25) is 0 Å². The molecule has 9 heteroatoms. The maximum Gasteiger partial charge on any atom is 0.416 e. The van der Waals surface area contributed by atoms with E-state index in [-0.39, 0.29) is 13.2 Å². The molecule has 0 saturated heterocycles. The van der Waals surface area contributed by atoms with Gasteiger partial charge in [0, 0.05) is 16.5 Å². The number of carbonyl (C=O) groups excluding carboxylic acids is 3. The Kier molecular flexibility index (Phi) is 12.2. The predicted octanol–water partition coefficient (Wildman–Crippen LogP) is 6.33. The summed E-state index contributed by atoms with van der Waals surface area (Å²) in [5, 5.41) is 1.65. The van der Waals surface area contributed by atoms with Crippen molar-refractivity contribution in [1.82, 2.24) is 5.32 Å². The van der Waals surface area contributed by atoms with Crippen LogP contribution in [0.2, 0.25) is 0 Å². The van der Waals surface area contributed by atoms with Gasteiger partial charge in [0.1, 0.15) is 19.3 Å². The molecular formula is C23H27NO6S2. The number of amides is 2. The topological polar surface area (TPSA) is 90.9 Å². The van der Waals surface area contributed by atoms with Crippen molar-refractivity contribution in [3.8, 4) is 0 Å². The molecule has 0 unspecified atom stereocenters. The molecule has 32 heavy (non-hydrogen) atoms. The van der Waals surface area contributed by atoms with Crippen LogP contribution in [0.5, 0.6) is 0 Å². The number of alkyl carbamates (subject to hydrolysis) is 2. The van der Waals surface area contributed by atoms with Crippen LogP contribution in [0.15, 0.2) is 60.7 Å². The van der Waals surface area contributed by atoms with Gasteiger partial charge < -0.3 is 14.2 Å². The van der Waals surface area contributed by atoms with E-state index in [9.17, 15) is 14.4 Å². The number of nitrogens with one attached hydrogen (secondary N) is 1. The second-order valence-electron chi connectivity index (χ2n) is 6.75. The van der Waals surface area contributed by atoms with Gasteiger partial charge in [0.25, 0.3) is 0 Å². The van der Waals surface area contributed by atoms with Gasteiger partial charge in [0.2, 0.25) is 0 Å². The first-order chi connectivity index (χ1) is 15.6. The van der Waals surface area contributed by atoms with E-state index in [0.717, 1.165) is 34.8 Å². The Balaban J connectivity index is 1.68. The minimum absolute atomic E-state index is 0.0524. The zero-order valence-electron chi connectivity index (χ0n) is 17.9. The summed E-state index contributed by atoms with van der Waals surface area (Å²) in [6.45, 7) is 2.29. The van der Waals surface area contributed by atoms with Crippen molar-refractivity contribution in [2.24, 2.45) is 0 Å². The minimum atomic E-state index is -0.875. The molecule has 0 aromatic heterocycles. The molecule has 0 aliphatic carbocycles. The Hall–Kier alpha value is -2.65. The minimum Gasteiger partial charge on any atom is -0.452 e. The fourth-order valence-corrected chi connectivity index (χ4v) is 4.28. The number of hydrogen-bond acceptors (Lipinski definition) is 8. The highest BCUT2D eigenvalue weighted by molar-refractivity contribution is 8.82. The Morgan fingerprint density at radius 2 is 1.47 bits per heavy atom. The number of ether oxygens (including phenoxy) is 3. The zero-order valence-corrected chi connectivity index (χ0v) is 19.5. The summed E-state index contributed by atoms with van der Waals surface area (Å²) in [5.41, 5.74) is 1.72. The van der Waals surface area contributed by atoms with Crippen LogP contribution in [0.25, 0.3) is 0 Å². The molecule has 2 amide bonds. The van der Waals surface area contributed by atoms with Crippen molar-refractivity contribution in [3.05, 3.63) is 71.8 Å². The summed E-state index contributed by atoms with van der Waals surface area (Å²) in [6.07, 6.45) is 0.199. The number of benzene rings is 2. The molecule has 1 atom stereocenters. The molecular weight excluding hydrogens is 450 g/mol. The Bertz CT molecular complexity index is 835. The van der Waals surface area contributed by atoms with E-state index in [1.165, 1.54) is 10.8 Å². The molecule has 2 aromatic rings. The van der Waals surface area contributed by atoms with Gasteiger partial charge in [-0.05, 0) is 17.5 Å². The van der Waals surface area contributed by atoms with E-state index in [1.807, 2.05) is 67.6 Å². The first-order valence-corrected chi connectivity index (χ1v) is 12.6. The highest BCUT2D eigenvalue weighted by Gasteiger charge is 2.18. The summed E-state index contributed by atoms with van der Waals surface area (Å²) in [5.74, 6) is 0.386. The molecule has 0 aliphatic rings. The lowest BCUT2D eigenvalue weighted by molar-refractivity contribution is 0.0945. The SMILES string of the molecule is CCCC[C@H](CSSC(=O)OCc1ccccc1)OC(=O)NC(=O)OCc1ccccc1. The largest absolute Gasteiger partial charge is 0.452 e. The first-order valence-electron chi connectivity index (χ1n) is 10.2. The average molecular weight is 478 g/mol. The van der Waals surface area contributed by atoms with Gasteiger partial charge in [0.15, 0.2) is 0 Å². The average Bonchev–Trinajstić information content (AvgIpc) is 2.81. The fourth-order valence-electron chi connectivity index (χ4n) is 2.53. The number of carbonyl (C=O) groups is 3. The maximum atomic E-state index is 12.1. The van der Waals surface area contributed by atoms with Crippen molar-refractivity contribution >= 4 is 39.1 Å². The van der Waals surface area contributed by atoms with Gasteiger partial charge in [-0.15, -0.1) is 0 Å². The van der Waals surface area contributed by atoms with E-state index in [4.69, 9.17) is 14.2 Å². The molecule has 1 N–H and O–H groups in total. The van der Waals surface area contributed by atoms with Crippen molar-refractivity contribution in [3.63, 3.8) is 0 Å². The molecule has 0 bridgehead atoms. The van der Waals surface area contributed by atoms with Crippen LogP contribution in [0.4, 0.5) is 14.4 Å². The van der Waals surface area contributed by atoms with Gasteiger partial charge >= 0.3 is 17.5 Å². The second kappa shape index (κ2) is 15.2. The lowest BCUT2D eigenvalue weighted by Gasteiger charge is -2.17. The third kappa shape index (κ3) is 11.1. The molecule has 2 rings (SSSR count). The second-order valence-corrected chi connectivity index (χ2v) is 9.02. The van der Waals surface area contributed by atoms with Crippen LogP contribution >= 0.6 is 21.6 Å². The Labute approximate surface area is 196 Å². The van der Waals surface area contributed by atoms with E-state index in [0.29, 0.717) is 12.2 Å². The normalized spacial score (nSPS) is 11.3. The first kappa shape index (κ1) is 25.6. The summed E-state index contributed by atoms with van der Waals surface area (Å²) in [7, 11) is 2.20. The molecule has 0 heterocycles. The zero-order chi connectivity index (χ0) is 23.0. The van der Waals surface area contributed by atoms with Crippen LogP contribution in [0, 0.1) is 0 Å². The van der Waals surface area contributed by atoms with Crippen molar-refractivity contribution in [2.45, 2.75) is 45.5 Å². The van der Waals surface area contributed by atoms with Gasteiger partial charge in [0.05, 0.1) is 0 Å². The molecule has 172 valence electrons. The van der Waals surface area contributed by atoms with Crippen molar-refractivity contribution < 1.29 is 28.6 Å². The van der Waals surface area contributed by atoms with Crippen LogP contribution in [-0.4, -0.2) is 29.3 Å². The van der Waals surface area contributed by atoms with Crippen molar-refractivity contribution in [1.29, 1.82) is 0 Å². The number of rotatable bonds is 11. The van der Waals surface area contributed by atoms with Gasteiger partial charge in [-0.2, -0.15) is 0 Å². The molecule has 0 radical (unpaired) electrons. The maximum absolute atomic E-state index is 12.1.